The molecule has 0 radical (unpaired) electrons. The smallest absolute Gasteiger partial charge is 0.242 e. The second-order valence-electron chi connectivity index (χ2n) is 12.4. The van der Waals surface area contributed by atoms with Gasteiger partial charge < -0.3 is 20.7 Å². The number of hydrogen-bond donors (Lipinski definition) is 4. The third-order valence-electron chi connectivity index (χ3n) is 7.98. The summed E-state index contributed by atoms with van der Waals surface area (Å²) in [6, 6.07) is 12.3. The summed E-state index contributed by atoms with van der Waals surface area (Å²) in [4.78, 5) is 28.5. The van der Waals surface area contributed by atoms with Gasteiger partial charge >= 0.3 is 0 Å². The van der Waals surface area contributed by atoms with Crippen LogP contribution in [0.3, 0.4) is 0 Å². The number of carbonyl (C=O) groups is 2. The highest BCUT2D eigenvalue weighted by Gasteiger charge is 2.66. The molecule has 2 aliphatic rings. The second-order valence-corrected chi connectivity index (χ2v) is 15.0. The van der Waals surface area contributed by atoms with Gasteiger partial charge in [-0.05, 0) is 53.3 Å². The molecule has 1 fully saturated rings. The highest BCUT2D eigenvalue weighted by molar-refractivity contribution is 7.92. The van der Waals surface area contributed by atoms with Crippen molar-refractivity contribution < 1.29 is 27.1 Å². The lowest BCUT2D eigenvalue weighted by Crippen LogP contribution is -2.49. The number of carbonyl (C=O) groups excluding carboxylic acids is 2. The number of amides is 2. The maximum absolute atomic E-state index is 16.0. The Hall–Kier alpha value is -3.38. The van der Waals surface area contributed by atoms with Gasteiger partial charge in [-0.25, -0.2) is 12.8 Å². The van der Waals surface area contributed by atoms with Crippen LogP contribution in [0.1, 0.15) is 44.2 Å². The largest absolute Gasteiger partial charge is 0.494 e. The van der Waals surface area contributed by atoms with Crippen LogP contribution in [0.5, 0.6) is 5.75 Å². The third kappa shape index (κ3) is 5.85. The van der Waals surface area contributed by atoms with E-state index in [9.17, 15) is 18.0 Å². The van der Waals surface area contributed by atoms with Crippen LogP contribution in [0.2, 0.25) is 10.0 Å². The Kier molecular flexibility index (Phi) is 8.39. The van der Waals surface area contributed by atoms with Gasteiger partial charge in [-0.3, -0.25) is 14.3 Å². The number of rotatable bonds is 7. The molecule has 1 saturated heterocycles. The van der Waals surface area contributed by atoms with Gasteiger partial charge in [0, 0.05) is 28.7 Å². The SMILES string of the molecule is COc1cc(NS(C)(=O)=O)ccc1NC(=O)[C@@H]1N[C@@H](CC(C)(C)C)C2(C(=O)Nc3cc(Cl)ccc32)[C@@H]1c1cccc(Cl)c1F. The average molecular weight is 664 g/mol. The highest BCUT2D eigenvalue weighted by Crippen LogP contribution is 2.57. The zero-order chi connectivity index (χ0) is 32.2. The maximum Gasteiger partial charge on any atom is 0.242 e. The molecule has 2 aliphatic heterocycles. The number of ether oxygens (including phenoxy) is 1. The minimum Gasteiger partial charge on any atom is -0.494 e. The Morgan fingerprint density at radius 3 is 2.50 bits per heavy atom. The molecule has 0 saturated carbocycles. The second kappa shape index (κ2) is 11.5. The summed E-state index contributed by atoms with van der Waals surface area (Å²) in [6.07, 6.45) is 1.48. The molecule has 3 aromatic carbocycles. The van der Waals surface area contributed by atoms with Crippen molar-refractivity contribution in [2.75, 3.05) is 28.7 Å². The van der Waals surface area contributed by atoms with Gasteiger partial charge in [-0.2, -0.15) is 0 Å². The van der Waals surface area contributed by atoms with Gasteiger partial charge in [0.15, 0.2) is 0 Å². The Morgan fingerprint density at radius 1 is 1.11 bits per heavy atom. The van der Waals surface area contributed by atoms with E-state index in [4.69, 9.17) is 27.9 Å². The van der Waals surface area contributed by atoms with Crippen LogP contribution < -0.4 is 25.4 Å². The fourth-order valence-corrected chi connectivity index (χ4v) is 7.34. The minimum atomic E-state index is -3.56. The van der Waals surface area contributed by atoms with E-state index in [1.54, 1.807) is 30.3 Å². The zero-order valence-corrected chi connectivity index (χ0v) is 27.0. The molecule has 234 valence electrons. The molecule has 2 heterocycles. The lowest BCUT2D eigenvalue weighted by atomic mass is 9.62. The van der Waals surface area contributed by atoms with E-state index in [0.717, 1.165) is 6.26 Å². The maximum atomic E-state index is 16.0. The Bertz CT molecular complexity index is 1760. The number of halogens is 3. The molecule has 1 spiro atoms. The Labute approximate surface area is 265 Å². The first-order valence-corrected chi connectivity index (χ1v) is 16.5. The molecule has 13 heteroatoms. The van der Waals surface area contributed by atoms with Crippen LogP contribution in [0.25, 0.3) is 0 Å². The molecule has 0 aliphatic carbocycles. The number of benzene rings is 3. The number of hydrogen-bond acceptors (Lipinski definition) is 6. The van der Waals surface area contributed by atoms with Crippen LogP contribution in [-0.4, -0.2) is 45.7 Å². The van der Waals surface area contributed by atoms with Gasteiger partial charge in [-0.15, -0.1) is 0 Å². The molecule has 0 aromatic heterocycles. The molecule has 4 N–H and O–H groups in total. The van der Waals surface area contributed by atoms with Crippen LogP contribution in [0.4, 0.5) is 21.5 Å². The average Bonchev–Trinajstić information content (AvgIpc) is 3.39. The predicted molar refractivity (Wildman–Crippen MR) is 171 cm³/mol. The molecular weight excluding hydrogens is 630 g/mol. The summed E-state index contributed by atoms with van der Waals surface area (Å²) in [5, 5.41) is 9.49. The fraction of sp³-hybridized carbons (Fsp3) is 0.355. The van der Waals surface area contributed by atoms with Crippen LogP contribution in [0, 0.1) is 11.2 Å². The summed E-state index contributed by atoms with van der Waals surface area (Å²) >= 11 is 12.6. The van der Waals surface area contributed by atoms with E-state index < -0.39 is 45.2 Å². The van der Waals surface area contributed by atoms with Gasteiger partial charge in [-0.1, -0.05) is 62.2 Å². The van der Waals surface area contributed by atoms with E-state index >= 15 is 4.39 Å². The van der Waals surface area contributed by atoms with Gasteiger partial charge in [0.05, 0.1) is 35.8 Å². The monoisotopic (exact) mass is 662 g/mol. The van der Waals surface area contributed by atoms with Crippen molar-refractivity contribution in [3.63, 3.8) is 0 Å². The molecule has 3 aromatic rings. The normalized spacial score (nSPS) is 22.9. The molecule has 5 rings (SSSR count). The van der Waals surface area contributed by atoms with Crippen molar-refractivity contribution in [3.8, 4) is 5.75 Å². The first-order valence-electron chi connectivity index (χ1n) is 13.8. The van der Waals surface area contributed by atoms with E-state index in [-0.39, 0.29) is 39.0 Å². The van der Waals surface area contributed by atoms with Crippen molar-refractivity contribution in [1.29, 1.82) is 0 Å². The lowest BCUT2D eigenvalue weighted by molar-refractivity contribution is -0.122. The predicted octanol–water partition coefficient (Wildman–Crippen LogP) is 5.90. The summed E-state index contributed by atoms with van der Waals surface area (Å²) in [7, 11) is -2.18. The van der Waals surface area contributed by atoms with Crippen molar-refractivity contribution in [1.82, 2.24) is 5.32 Å². The Morgan fingerprint density at radius 2 is 1.84 bits per heavy atom. The van der Waals surface area contributed by atoms with E-state index in [1.165, 1.54) is 31.4 Å². The first kappa shape index (κ1) is 32.0. The van der Waals surface area contributed by atoms with Gasteiger partial charge in [0.1, 0.15) is 17.0 Å². The summed E-state index contributed by atoms with van der Waals surface area (Å²) in [6.45, 7) is 6.08. The number of nitrogens with one attached hydrogen (secondary N) is 4. The zero-order valence-electron chi connectivity index (χ0n) is 24.7. The van der Waals surface area contributed by atoms with E-state index in [0.29, 0.717) is 22.7 Å². The molecule has 2 amide bonds. The number of sulfonamides is 1. The third-order valence-corrected chi connectivity index (χ3v) is 9.12. The quantitative estimate of drug-likeness (QED) is 0.250. The van der Waals surface area contributed by atoms with E-state index in [1.807, 2.05) is 20.8 Å². The number of fused-ring (bicyclic) bond motifs is 2. The molecule has 9 nitrogen and oxygen atoms in total. The molecule has 44 heavy (non-hydrogen) atoms. The van der Waals surface area contributed by atoms with Gasteiger partial charge in [0.2, 0.25) is 21.8 Å². The van der Waals surface area contributed by atoms with E-state index in [2.05, 4.69) is 20.7 Å². The minimum absolute atomic E-state index is 0.110. The highest BCUT2D eigenvalue weighted by atomic mass is 35.5. The van der Waals surface area contributed by atoms with Crippen molar-refractivity contribution >= 4 is 62.1 Å². The molecule has 4 atom stereocenters. The lowest BCUT2D eigenvalue weighted by Gasteiger charge is -2.37. The summed E-state index contributed by atoms with van der Waals surface area (Å²) < 4.78 is 47.2. The number of anilines is 3. The van der Waals surface area contributed by atoms with Crippen LogP contribution in [-0.2, 0) is 25.0 Å². The van der Waals surface area contributed by atoms with Crippen LogP contribution in [0.15, 0.2) is 54.6 Å². The summed E-state index contributed by atoms with van der Waals surface area (Å²) in [5.41, 5.74) is -0.0150. The van der Waals surface area contributed by atoms with Crippen molar-refractivity contribution in [2.24, 2.45) is 5.41 Å². The first-order chi connectivity index (χ1) is 20.5. The summed E-state index contributed by atoms with van der Waals surface area (Å²) in [5.74, 6) is -2.51. The van der Waals surface area contributed by atoms with Gasteiger partial charge in [0.25, 0.3) is 0 Å². The molecule has 0 bridgehead atoms. The molecule has 1 unspecified atom stereocenters. The Balaban J connectivity index is 1.67. The number of methoxy groups -OCH3 is 1. The van der Waals surface area contributed by atoms with Crippen molar-refractivity contribution in [2.45, 2.75) is 50.6 Å². The fourth-order valence-electron chi connectivity index (χ4n) is 6.43. The molecular formula is C31H33Cl2FN4O5S. The van der Waals surface area contributed by atoms with Crippen LogP contribution >= 0.6 is 23.2 Å². The standard InChI is InChI=1S/C31H33Cl2FN4O5S/c1-30(2,3)15-24-31(19-11-9-16(32)13-22(19)36-29(31)40)25(18-7-6-8-20(33)26(18)34)27(37-24)28(39)35-21-12-10-17(14-23(21)43-4)38-44(5,41)42/h6-14,24-25,27,37-38H,15H2,1-5H3,(H,35,39)(H,36,40)/t24-,25+,27+,31?/m0/s1. The topological polar surface area (TPSA) is 126 Å². The van der Waals surface area contributed by atoms with Crippen molar-refractivity contribution in [3.05, 3.63) is 81.6 Å².